The second-order valence-corrected chi connectivity index (χ2v) is 11.6. The number of carbonyl (C=O) groups excluding carboxylic acids is 1. The second kappa shape index (κ2) is 12.8. The average Bonchev–Trinajstić information content (AvgIpc) is 2.92. The van der Waals surface area contributed by atoms with Crippen molar-refractivity contribution < 1.29 is 13.2 Å². The summed E-state index contributed by atoms with van der Waals surface area (Å²) in [6.07, 6.45) is 0.501. The van der Waals surface area contributed by atoms with Gasteiger partial charge in [-0.2, -0.15) is 4.31 Å². The third-order valence-corrected chi connectivity index (χ3v) is 8.43. The van der Waals surface area contributed by atoms with Crippen LogP contribution in [0, 0.1) is 0 Å². The Labute approximate surface area is 227 Å². The van der Waals surface area contributed by atoms with Crippen molar-refractivity contribution in [1.82, 2.24) is 9.21 Å². The summed E-state index contributed by atoms with van der Waals surface area (Å²) in [6.45, 7) is 0.725. The zero-order chi connectivity index (χ0) is 26.1. The van der Waals surface area contributed by atoms with E-state index in [0.29, 0.717) is 19.5 Å². The summed E-state index contributed by atoms with van der Waals surface area (Å²) in [4.78, 5) is 15.6. The molecule has 0 N–H and O–H groups in total. The third kappa shape index (κ3) is 7.61. The molecule has 37 heavy (non-hydrogen) atoms. The average molecular weight is 578 g/mol. The van der Waals surface area contributed by atoms with Crippen LogP contribution in [0.3, 0.4) is 0 Å². The largest absolute Gasteiger partial charge is 0.333 e. The Morgan fingerprint density at radius 1 is 0.649 bits per heavy atom. The maximum atomic E-state index is 13.7. The van der Waals surface area contributed by atoms with Gasteiger partial charge in [-0.1, -0.05) is 107 Å². The van der Waals surface area contributed by atoms with Crippen molar-refractivity contribution in [2.24, 2.45) is 0 Å². The molecule has 1 amide bonds. The molecule has 0 aliphatic heterocycles. The lowest BCUT2D eigenvalue weighted by molar-refractivity contribution is -0.132. The predicted octanol–water partition coefficient (Wildman–Crippen LogP) is 5.91. The Morgan fingerprint density at radius 3 is 1.59 bits per heavy atom. The molecule has 0 saturated carbocycles. The van der Waals surface area contributed by atoms with Gasteiger partial charge >= 0.3 is 0 Å². The lowest BCUT2D eigenvalue weighted by Gasteiger charge is -2.28. The highest BCUT2D eigenvalue weighted by atomic mass is 79.9. The highest BCUT2D eigenvalue weighted by Crippen LogP contribution is 2.20. The van der Waals surface area contributed by atoms with E-state index in [1.54, 1.807) is 29.2 Å². The fraction of sp³-hybridized carbons (Fsp3) is 0.167. The number of nitrogens with zero attached hydrogens (tertiary/aromatic N) is 2. The predicted molar refractivity (Wildman–Crippen MR) is 150 cm³/mol. The van der Waals surface area contributed by atoms with Crippen molar-refractivity contribution in [3.05, 3.63) is 136 Å². The van der Waals surface area contributed by atoms with Crippen molar-refractivity contribution in [3.8, 4) is 0 Å². The minimum atomic E-state index is -3.90. The van der Waals surface area contributed by atoms with Crippen LogP contribution in [0.15, 0.2) is 125 Å². The molecule has 0 spiro atoms. The first kappa shape index (κ1) is 26.8. The first-order valence-electron chi connectivity index (χ1n) is 12.1. The number of hydrogen-bond donors (Lipinski definition) is 0. The molecule has 0 bridgehead atoms. The van der Waals surface area contributed by atoms with Gasteiger partial charge in [-0.25, -0.2) is 8.42 Å². The Bertz CT molecular complexity index is 1340. The van der Waals surface area contributed by atoms with Gasteiger partial charge in [-0.15, -0.1) is 0 Å². The van der Waals surface area contributed by atoms with Crippen molar-refractivity contribution >= 4 is 31.9 Å². The minimum Gasteiger partial charge on any atom is -0.333 e. The summed E-state index contributed by atoms with van der Waals surface area (Å²) >= 11 is 3.36. The fourth-order valence-corrected chi connectivity index (χ4v) is 5.68. The lowest BCUT2D eigenvalue weighted by atomic mass is 10.1. The van der Waals surface area contributed by atoms with E-state index >= 15 is 0 Å². The van der Waals surface area contributed by atoms with Gasteiger partial charge in [0.15, 0.2) is 0 Å². The van der Waals surface area contributed by atoms with Gasteiger partial charge in [0.1, 0.15) is 0 Å². The van der Waals surface area contributed by atoms with E-state index in [9.17, 15) is 13.2 Å². The molecule has 0 saturated heterocycles. The van der Waals surface area contributed by atoms with E-state index in [2.05, 4.69) is 15.9 Å². The third-order valence-electron chi connectivity index (χ3n) is 6.04. The van der Waals surface area contributed by atoms with E-state index < -0.39 is 10.0 Å². The van der Waals surface area contributed by atoms with Gasteiger partial charge in [0.2, 0.25) is 15.9 Å². The van der Waals surface area contributed by atoms with Crippen LogP contribution in [0.1, 0.15) is 16.7 Å². The first-order chi connectivity index (χ1) is 17.9. The van der Waals surface area contributed by atoms with E-state index in [-0.39, 0.29) is 23.9 Å². The van der Waals surface area contributed by atoms with Crippen molar-refractivity contribution in [2.75, 3.05) is 13.1 Å². The molecule has 0 radical (unpaired) electrons. The highest BCUT2D eigenvalue weighted by Gasteiger charge is 2.28. The molecule has 4 aromatic rings. The Kier molecular flexibility index (Phi) is 9.28. The molecule has 4 aromatic carbocycles. The summed E-state index contributed by atoms with van der Waals surface area (Å²) in [6, 6.07) is 35.7. The summed E-state index contributed by atoms with van der Waals surface area (Å²) < 4.78 is 29.4. The van der Waals surface area contributed by atoms with Gasteiger partial charge in [0, 0.05) is 24.1 Å². The highest BCUT2D eigenvalue weighted by molar-refractivity contribution is 9.10. The molecular formula is C30H29BrN2O3S. The Hall–Kier alpha value is -3.26. The zero-order valence-electron chi connectivity index (χ0n) is 20.4. The normalized spacial score (nSPS) is 11.4. The molecule has 0 fully saturated rings. The number of rotatable bonds is 11. The van der Waals surface area contributed by atoms with Crippen LogP contribution in [0.25, 0.3) is 0 Å². The summed E-state index contributed by atoms with van der Waals surface area (Å²) in [7, 11) is -3.90. The van der Waals surface area contributed by atoms with Gasteiger partial charge in [0.05, 0.1) is 11.4 Å². The number of amides is 1. The molecule has 0 atom stereocenters. The smallest absolute Gasteiger partial charge is 0.243 e. The minimum absolute atomic E-state index is 0.161. The molecule has 0 aliphatic carbocycles. The molecule has 190 valence electrons. The molecule has 0 heterocycles. The number of hydrogen-bond acceptors (Lipinski definition) is 3. The van der Waals surface area contributed by atoms with Crippen molar-refractivity contribution in [2.45, 2.75) is 24.4 Å². The van der Waals surface area contributed by atoms with Crippen LogP contribution in [0.4, 0.5) is 0 Å². The molecule has 4 rings (SSSR count). The zero-order valence-corrected chi connectivity index (χ0v) is 22.8. The second-order valence-electron chi connectivity index (χ2n) is 8.75. The number of carbonyl (C=O) groups is 1. The van der Waals surface area contributed by atoms with Crippen molar-refractivity contribution in [3.63, 3.8) is 0 Å². The van der Waals surface area contributed by atoms with Crippen LogP contribution in [-0.4, -0.2) is 36.6 Å². The van der Waals surface area contributed by atoms with Gasteiger partial charge in [-0.05, 0) is 47.4 Å². The first-order valence-corrected chi connectivity index (χ1v) is 14.3. The maximum Gasteiger partial charge on any atom is 0.243 e. The van der Waals surface area contributed by atoms with Crippen molar-refractivity contribution in [1.29, 1.82) is 0 Å². The van der Waals surface area contributed by atoms with Gasteiger partial charge in [0.25, 0.3) is 0 Å². The quantitative estimate of drug-likeness (QED) is 0.223. The van der Waals surface area contributed by atoms with Crippen LogP contribution >= 0.6 is 15.9 Å². The van der Waals surface area contributed by atoms with Crippen LogP contribution in [0.5, 0.6) is 0 Å². The van der Waals surface area contributed by atoms with E-state index in [0.717, 1.165) is 21.2 Å². The van der Waals surface area contributed by atoms with E-state index in [1.807, 2.05) is 91.0 Å². The fourth-order valence-electron chi connectivity index (χ4n) is 4.03. The van der Waals surface area contributed by atoms with Gasteiger partial charge in [-0.3, -0.25) is 4.79 Å². The van der Waals surface area contributed by atoms with Gasteiger partial charge < -0.3 is 4.90 Å². The summed E-state index contributed by atoms with van der Waals surface area (Å²) in [5, 5.41) is 0. The standard InChI is InChI=1S/C30H29BrN2O3S/c31-28-16-18-29(19-17-28)37(35,36)33(21-20-25-10-4-1-5-11-25)24-30(34)32(22-26-12-6-2-7-13-26)23-27-14-8-3-9-15-27/h1-19H,20-24H2. The number of sulfonamides is 1. The molecule has 0 aliphatic rings. The Balaban J connectivity index is 1.61. The van der Waals surface area contributed by atoms with Crippen LogP contribution in [-0.2, 0) is 34.3 Å². The summed E-state index contributed by atoms with van der Waals surface area (Å²) in [5.74, 6) is -0.249. The van der Waals surface area contributed by atoms with Crippen LogP contribution < -0.4 is 0 Å². The monoisotopic (exact) mass is 576 g/mol. The topological polar surface area (TPSA) is 57.7 Å². The molecule has 7 heteroatoms. The maximum absolute atomic E-state index is 13.7. The number of benzene rings is 4. The molecule has 0 aromatic heterocycles. The molecule has 0 unspecified atom stereocenters. The SMILES string of the molecule is O=C(CN(CCc1ccccc1)S(=O)(=O)c1ccc(Br)cc1)N(Cc1ccccc1)Cc1ccccc1. The number of halogens is 1. The summed E-state index contributed by atoms with van der Waals surface area (Å²) in [5.41, 5.74) is 2.98. The molecule has 5 nitrogen and oxygen atoms in total. The molecular weight excluding hydrogens is 548 g/mol. The van der Waals surface area contributed by atoms with E-state index in [4.69, 9.17) is 0 Å². The lowest BCUT2D eigenvalue weighted by Crippen LogP contribution is -2.43. The Morgan fingerprint density at radius 2 is 1.11 bits per heavy atom. The van der Waals surface area contributed by atoms with E-state index in [1.165, 1.54) is 4.31 Å². The van der Waals surface area contributed by atoms with Crippen LogP contribution in [0.2, 0.25) is 0 Å².